The maximum atomic E-state index is 6.23. The van der Waals surface area contributed by atoms with E-state index >= 15 is 0 Å². The Morgan fingerprint density at radius 1 is 1.05 bits per heavy atom. The van der Waals surface area contributed by atoms with Gasteiger partial charge in [0.1, 0.15) is 0 Å². The summed E-state index contributed by atoms with van der Waals surface area (Å²) >= 11 is 0. The predicted octanol–water partition coefficient (Wildman–Crippen LogP) is 2.79. The molecule has 0 spiro atoms. The Morgan fingerprint density at radius 2 is 1.79 bits per heavy atom. The Kier molecular flexibility index (Phi) is 4.29. The van der Waals surface area contributed by atoms with Crippen molar-refractivity contribution >= 4 is 0 Å². The van der Waals surface area contributed by atoms with E-state index in [1.54, 1.807) is 0 Å². The van der Waals surface area contributed by atoms with E-state index < -0.39 is 0 Å². The summed E-state index contributed by atoms with van der Waals surface area (Å²) in [6.07, 6.45) is 6.43. The lowest BCUT2D eigenvalue weighted by Crippen LogP contribution is -2.61. The first-order valence-electron chi connectivity index (χ1n) is 7.88. The SMILES string of the molecule is CC1(C)CCCC(CN)(N2CCOC(C)(C)C2)CC1. The fourth-order valence-electron chi connectivity index (χ4n) is 3.79. The van der Waals surface area contributed by atoms with Gasteiger partial charge in [0.2, 0.25) is 0 Å². The maximum Gasteiger partial charge on any atom is 0.0753 e. The summed E-state index contributed by atoms with van der Waals surface area (Å²) in [6, 6.07) is 0. The molecular formula is C16H32N2O. The number of morpholine rings is 1. The van der Waals surface area contributed by atoms with Gasteiger partial charge in [-0.1, -0.05) is 20.3 Å². The van der Waals surface area contributed by atoms with Crippen LogP contribution in [0, 0.1) is 5.41 Å². The average Bonchev–Trinajstić information content (AvgIpc) is 2.47. The molecular weight excluding hydrogens is 236 g/mol. The highest BCUT2D eigenvalue weighted by Gasteiger charge is 2.42. The van der Waals surface area contributed by atoms with E-state index in [2.05, 4.69) is 32.6 Å². The topological polar surface area (TPSA) is 38.5 Å². The highest BCUT2D eigenvalue weighted by Crippen LogP contribution is 2.41. The quantitative estimate of drug-likeness (QED) is 0.783. The Labute approximate surface area is 118 Å². The van der Waals surface area contributed by atoms with Crippen LogP contribution in [0.3, 0.4) is 0 Å². The Morgan fingerprint density at radius 3 is 2.42 bits per heavy atom. The number of rotatable bonds is 2. The van der Waals surface area contributed by atoms with Crippen LogP contribution in [0.15, 0.2) is 0 Å². The largest absolute Gasteiger partial charge is 0.373 e. The zero-order chi connectivity index (χ0) is 14.1. The van der Waals surface area contributed by atoms with E-state index in [0.29, 0.717) is 5.41 Å². The van der Waals surface area contributed by atoms with Crippen LogP contribution in [0.25, 0.3) is 0 Å². The number of hydrogen-bond acceptors (Lipinski definition) is 3. The minimum atomic E-state index is -0.0256. The van der Waals surface area contributed by atoms with Crippen molar-refractivity contribution in [1.29, 1.82) is 0 Å². The number of nitrogens with two attached hydrogens (primary N) is 1. The Bertz CT molecular complexity index is 314. The summed E-state index contributed by atoms with van der Waals surface area (Å²) in [5.74, 6) is 0. The fraction of sp³-hybridized carbons (Fsp3) is 1.00. The molecule has 0 radical (unpaired) electrons. The average molecular weight is 268 g/mol. The van der Waals surface area contributed by atoms with Gasteiger partial charge >= 0.3 is 0 Å². The van der Waals surface area contributed by atoms with Gasteiger partial charge in [0.15, 0.2) is 0 Å². The van der Waals surface area contributed by atoms with Crippen LogP contribution in [-0.4, -0.2) is 42.3 Å². The van der Waals surface area contributed by atoms with E-state index in [-0.39, 0.29) is 11.1 Å². The summed E-state index contributed by atoms with van der Waals surface area (Å²) in [4.78, 5) is 2.64. The van der Waals surface area contributed by atoms with Gasteiger partial charge < -0.3 is 10.5 Å². The summed E-state index contributed by atoms with van der Waals surface area (Å²) < 4.78 is 5.87. The zero-order valence-electron chi connectivity index (χ0n) is 13.3. The lowest BCUT2D eigenvalue weighted by Gasteiger charge is -2.49. The van der Waals surface area contributed by atoms with Gasteiger partial charge in [0.05, 0.1) is 12.2 Å². The van der Waals surface area contributed by atoms with E-state index in [9.17, 15) is 0 Å². The zero-order valence-corrected chi connectivity index (χ0v) is 13.3. The molecule has 2 aliphatic rings. The number of ether oxygens (including phenoxy) is 1. The van der Waals surface area contributed by atoms with E-state index in [4.69, 9.17) is 10.5 Å². The molecule has 1 aliphatic carbocycles. The lowest BCUT2D eigenvalue weighted by atomic mass is 9.82. The van der Waals surface area contributed by atoms with Crippen LogP contribution in [0.5, 0.6) is 0 Å². The summed E-state index contributed by atoms with van der Waals surface area (Å²) in [5, 5.41) is 0. The second kappa shape index (κ2) is 5.34. The van der Waals surface area contributed by atoms with Crippen LogP contribution in [0.2, 0.25) is 0 Å². The Balaban J connectivity index is 2.13. The van der Waals surface area contributed by atoms with Crippen molar-refractivity contribution in [1.82, 2.24) is 4.90 Å². The van der Waals surface area contributed by atoms with Gasteiger partial charge in [-0.05, 0) is 44.9 Å². The van der Waals surface area contributed by atoms with Crippen LogP contribution in [0.4, 0.5) is 0 Å². The van der Waals surface area contributed by atoms with Crippen molar-refractivity contribution in [3.8, 4) is 0 Å². The summed E-state index contributed by atoms with van der Waals surface area (Å²) in [5.41, 5.74) is 6.91. The molecule has 0 bridgehead atoms. The van der Waals surface area contributed by atoms with Gasteiger partial charge in [-0.25, -0.2) is 0 Å². The van der Waals surface area contributed by atoms with Gasteiger partial charge in [-0.3, -0.25) is 4.90 Å². The summed E-state index contributed by atoms with van der Waals surface area (Å²) in [6.45, 7) is 12.9. The van der Waals surface area contributed by atoms with E-state index in [0.717, 1.165) is 26.2 Å². The van der Waals surface area contributed by atoms with Crippen LogP contribution in [-0.2, 0) is 4.74 Å². The molecule has 1 atom stereocenters. The normalized spacial score (nSPS) is 35.8. The third-order valence-electron chi connectivity index (χ3n) is 5.24. The molecule has 2 fully saturated rings. The van der Waals surface area contributed by atoms with Crippen LogP contribution >= 0.6 is 0 Å². The molecule has 2 N–H and O–H groups in total. The van der Waals surface area contributed by atoms with E-state index in [1.165, 1.54) is 32.1 Å². The molecule has 1 saturated heterocycles. The van der Waals surface area contributed by atoms with E-state index in [1.807, 2.05) is 0 Å². The van der Waals surface area contributed by atoms with Gasteiger partial charge in [-0.15, -0.1) is 0 Å². The van der Waals surface area contributed by atoms with Crippen molar-refractivity contribution in [3.05, 3.63) is 0 Å². The first-order valence-corrected chi connectivity index (χ1v) is 7.88. The molecule has 0 aromatic carbocycles. The minimum absolute atomic E-state index is 0.0256. The molecule has 19 heavy (non-hydrogen) atoms. The monoisotopic (exact) mass is 268 g/mol. The van der Waals surface area contributed by atoms with Crippen molar-refractivity contribution in [2.45, 2.75) is 70.9 Å². The smallest absolute Gasteiger partial charge is 0.0753 e. The molecule has 1 unspecified atom stereocenters. The van der Waals surface area contributed by atoms with Gasteiger partial charge in [0, 0.05) is 25.2 Å². The minimum Gasteiger partial charge on any atom is -0.373 e. The third kappa shape index (κ3) is 3.50. The first-order chi connectivity index (χ1) is 8.79. The number of nitrogens with zero attached hydrogens (tertiary/aromatic N) is 1. The molecule has 1 heterocycles. The Hall–Kier alpha value is -0.120. The van der Waals surface area contributed by atoms with Crippen LogP contribution < -0.4 is 5.73 Å². The molecule has 1 saturated carbocycles. The van der Waals surface area contributed by atoms with Crippen molar-refractivity contribution in [3.63, 3.8) is 0 Å². The summed E-state index contributed by atoms with van der Waals surface area (Å²) in [7, 11) is 0. The molecule has 3 heteroatoms. The van der Waals surface area contributed by atoms with Crippen LogP contribution in [0.1, 0.15) is 59.8 Å². The standard InChI is InChI=1S/C16H32N2O/c1-14(2)6-5-7-16(12-17,9-8-14)18-10-11-19-15(3,4)13-18/h5-13,17H2,1-4H3. The lowest BCUT2D eigenvalue weighted by molar-refractivity contribution is -0.118. The molecule has 3 nitrogen and oxygen atoms in total. The second-order valence-electron chi connectivity index (χ2n) is 7.98. The molecule has 0 aromatic rings. The second-order valence-corrected chi connectivity index (χ2v) is 7.98. The van der Waals surface area contributed by atoms with Gasteiger partial charge in [0.25, 0.3) is 0 Å². The molecule has 0 amide bonds. The molecule has 2 rings (SSSR count). The predicted molar refractivity (Wildman–Crippen MR) is 80.3 cm³/mol. The third-order valence-corrected chi connectivity index (χ3v) is 5.24. The molecule has 0 aromatic heterocycles. The van der Waals surface area contributed by atoms with Crippen molar-refractivity contribution in [2.24, 2.45) is 11.1 Å². The van der Waals surface area contributed by atoms with Crippen molar-refractivity contribution < 1.29 is 4.74 Å². The highest BCUT2D eigenvalue weighted by molar-refractivity contribution is 4.98. The maximum absolute atomic E-state index is 6.23. The molecule has 1 aliphatic heterocycles. The number of hydrogen-bond donors (Lipinski definition) is 1. The molecule has 112 valence electrons. The van der Waals surface area contributed by atoms with Gasteiger partial charge in [-0.2, -0.15) is 0 Å². The highest BCUT2D eigenvalue weighted by atomic mass is 16.5. The first kappa shape index (κ1) is 15.3. The van der Waals surface area contributed by atoms with Crippen molar-refractivity contribution in [2.75, 3.05) is 26.2 Å². The fourth-order valence-corrected chi connectivity index (χ4v) is 3.79.